The third-order valence-electron chi connectivity index (χ3n) is 4.72. The third-order valence-corrected chi connectivity index (χ3v) is 5.47. The van der Waals surface area contributed by atoms with Crippen molar-refractivity contribution in [1.82, 2.24) is 20.8 Å². The van der Waals surface area contributed by atoms with Gasteiger partial charge in [-0.2, -0.15) is 0 Å². The first-order chi connectivity index (χ1) is 12.0. The summed E-state index contributed by atoms with van der Waals surface area (Å²) in [5.74, 6) is -0.620. The first-order valence-corrected chi connectivity index (χ1v) is 9.26. The number of anilines is 1. The Balaban J connectivity index is 1.46. The minimum atomic E-state index is -0.711. The number of nitrogens with one attached hydrogen (secondary N) is 2. The monoisotopic (exact) mass is 369 g/mol. The molecule has 0 aromatic carbocycles. The maximum Gasteiger partial charge on any atom is 0.223 e. The molecule has 2 amide bonds. The van der Waals surface area contributed by atoms with E-state index in [9.17, 15) is 14.7 Å². The highest BCUT2D eigenvalue weighted by molar-refractivity contribution is 7.15. The summed E-state index contributed by atoms with van der Waals surface area (Å²) in [6, 6.07) is -0.386. The first-order valence-electron chi connectivity index (χ1n) is 8.44. The van der Waals surface area contributed by atoms with Crippen molar-refractivity contribution in [3.05, 3.63) is 5.01 Å². The van der Waals surface area contributed by atoms with Crippen molar-refractivity contribution >= 4 is 28.3 Å². The highest BCUT2D eigenvalue weighted by Gasteiger charge is 2.38. The topological polar surface area (TPSA) is 139 Å². The molecule has 0 bridgehead atoms. The van der Waals surface area contributed by atoms with Crippen LogP contribution < -0.4 is 16.4 Å². The van der Waals surface area contributed by atoms with Gasteiger partial charge in [-0.3, -0.25) is 9.59 Å². The lowest BCUT2D eigenvalue weighted by Gasteiger charge is -2.24. The fourth-order valence-electron chi connectivity index (χ4n) is 3.29. The molecule has 3 rings (SSSR count). The Morgan fingerprint density at radius 1 is 1.20 bits per heavy atom. The zero-order valence-electron chi connectivity index (χ0n) is 13.8. The lowest BCUT2D eigenvalue weighted by molar-refractivity contribution is -0.129. The normalized spacial score (nSPS) is 27.2. The molecule has 3 atom stereocenters. The number of nitrogens with zero attached hydrogens (tertiary/aromatic N) is 2. The van der Waals surface area contributed by atoms with Crippen LogP contribution in [0.5, 0.6) is 0 Å². The van der Waals surface area contributed by atoms with Crippen LogP contribution in [0.25, 0.3) is 0 Å². The molecule has 2 heterocycles. The first kappa shape index (κ1) is 18.0. The van der Waals surface area contributed by atoms with Crippen molar-refractivity contribution in [2.45, 2.75) is 44.4 Å². The van der Waals surface area contributed by atoms with E-state index < -0.39 is 6.10 Å². The Labute approximate surface area is 149 Å². The third kappa shape index (κ3) is 4.65. The van der Waals surface area contributed by atoms with E-state index in [1.807, 2.05) is 0 Å². The van der Waals surface area contributed by atoms with Crippen molar-refractivity contribution < 1.29 is 19.4 Å². The van der Waals surface area contributed by atoms with Gasteiger partial charge in [0.1, 0.15) is 5.01 Å². The number of nitrogens with two attached hydrogens (primary N) is 1. The maximum absolute atomic E-state index is 12.3. The summed E-state index contributed by atoms with van der Waals surface area (Å²) in [7, 11) is 0. The molecular formula is C15H23N5O4S. The van der Waals surface area contributed by atoms with Crippen LogP contribution in [-0.4, -0.2) is 52.5 Å². The molecular weight excluding hydrogens is 346 g/mol. The van der Waals surface area contributed by atoms with Gasteiger partial charge in [-0.1, -0.05) is 11.3 Å². The minimum absolute atomic E-state index is 0.0576. The molecule has 9 nitrogen and oxygen atoms in total. The van der Waals surface area contributed by atoms with Gasteiger partial charge in [-0.25, -0.2) is 0 Å². The van der Waals surface area contributed by atoms with Crippen LogP contribution in [0.3, 0.4) is 0 Å². The van der Waals surface area contributed by atoms with Crippen molar-refractivity contribution in [3.8, 4) is 0 Å². The molecule has 1 aliphatic heterocycles. The molecule has 0 radical (unpaired) electrons. The molecule has 2 aliphatic rings. The van der Waals surface area contributed by atoms with Gasteiger partial charge in [0.25, 0.3) is 0 Å². The van der Waals surface area contributed by atoms with Gasteiger partial charge in [0, 0.05) is 25.0 Å². The molecule has 1 saturated carbocycles. The molecule has 0 unspecified atom stereocenters. The van der Waals surface area contributed by atoms with Crippen LogP contribution in [0, 0.1) is 11.8 Å². The number of aliphatic hydroxyl groups excluding tert-OH is 1. The lowest BCUT2D eigenvalue weighted by Crippen LogP contribution is -2.44. The average molecular weight is 369 g/mol. The average Bonchev–Trinajstić information content (AvgIpc) is 3.19. The summed E-state index contributed by atoms with van der Waals surface area (Å²) in [6.45, 7) is 1.44. The van der Waals surface area contributed by atoms with Crippen LogP contribution in [0.15, 0.2) is 0 Å². The largest absolute Gasteiger partial charge is 0.391 e. The van der Waals surface area contributed by atoms with Crippen LogP contribution in [0.1, 0.15) is 30.7 Å². The van der Waals surface area contributed by atoms with Crippen molar-refractivity contribution in [3.63, 3.8) is 0 Å². The van der Waals surface area contributed by atoms with Crippen LogP contribution in [0.4, 0.5) is 5.13 Å². The Morgan fingerprint density at radius 3 is 2.64 bits per heavy atom. The minimum Gasteiger partial charge on any atom is -0.391 e. The van der Waals surface area contributed by atoms with Crippen LogP contribution in [-0.2, 0) is 20.9 Å². The molecule has 0 spiro atoms. The Bertz CT molecular complexity index is 619. The number of ether oxygens (including phenoxy) is 1. The summed E-state index contributed by atoms with van der Waals surface area (Å²) < 4.78 is 5.26. The van der Waals surface area contributed by atoms with E-state index >= 15 is 0 Å². The predicted octanol–water partition coefficient (Wildman–Crippen LogP) is -0.581. The van der Waals surface area contributed by atoms with Gasteiger partial charge in [0.15, 0.2) is 0 Å². The predicted molar refractivity (Wildman–Crippen MR) is 90.4 cm³/mol. The number of amides is 2. The van der Waals surface area contributed by atoms with E-state index in [0.29, 0.717) is 49.0 Å². The molecule has 1 aromatic heterocycles. The molecule has 138 valence electrons. The molecule has 1 aliphatic carbocycles. The molecule has 1 saturated heterocycles. The zero-order chi connectivity index (χ0) is 17.8. The number of hydrogen-bond donors (Lipinski definition) is 4. The SMILES string of the molecule is Nc1nnc(CNC(=O)[C@@H]2C[C@@H](O)[C@H](NC(=O)C3CCOCC3)C2)s1. The van der Waals surface area contributed by atoms with E-state index in [2.05, 4.69) is 20.8 Å². The van der Waals surface area contributed by atoms with E-state index in [0.717, 1.165) is 0 Å². The smallest absolute Gasteiger partial charge is 0.223 e. The number of aliphatic hydroxyl groups is 1. The van der Waals surface area contributed by atoms with Crippen molar-refractivity contribution in [2.24, 2.45) is 11.8 Å². The number of rotatable bonds is 5. The second-order valence-electron chi connectivity index (χ2n) is 6.49. The van der Waals surface area contributed by atoms with Gasteiger partial charge < -0.3 is 26.2 Å². The van der Waals surface area contributed by atoms with E-state index in [1.54, 1.807) is 0 Å². The Morgan fingerprint density at radius 2 is 1.96 bits per heavy atom. The lowest BCUT2D eigenvalue weighted by atomic mass is 9.98. The van der Waals surface area contributed by atoms with Crippen LogP contribution >= 0.6 is 11.3 Å². The highest BCUT2D eigenvalue weighted by Crippen LogP contribution is 2.27. The van der Waals surface area contributed by atoms with Gasteiger partial charge in [-0.05, 0) is 25.7 Å². The summed E-state index contributed by atoms with van der Waals surface area (Å²) >= 11 is 1.22. The molecule has 10 heteroatoms. The number of nitrogen functional groups attached to an aromatic ring is 1. The van der Waals surface area contributed by atoms with Gasteiger partial charge in [0.2, 0.25) is 16.9 Å². The summed E-state index contributed by atoms with van der Waals surface area (Å²) in [6.07, 6.45) is 1.45. The fraction of sp³-hybridized carbons (Fsp3) is 0.733. The highest BCUT2D eigenvalue weighted by atomic mass is 32.1. The summed E-state index contributed by atoms with van der Waals surface area (Å²) in [5.41, 5.74) is 5.50. The van der Waals surface area contributed by atoms with E-state index in [1.165, 1.54) is 11.3 Å². The molecule has 25 heavy (non-hydrogen) atoms. The molecule has 5 N–H and O–H groups in total. The number of carbonyl (C=O) groups is 2. The van der Waals surface area contributed by atoms with Crippen molar-refractivity contribution in [1.29, 1.82) is 0 Å². The van der Waals surface area contributed by atoms with E-state index in [4.69, 9.17) is 10.5 Å². The molecule has 1 aromatic rings. The summed E-state index contributed by atoms with van der Waals surface area (Å²) in [5, 5.41) is 24.4. The quantitative estimate of drug-likeness (QED) is 0.544. The van der Waals surface area contributed by atoms with Gasteiger partial charge in [0.05, 0.1) is 18.7 Å². The number of carbonyl (C=O) groups excluding carboxylic acids is 2. The second-order valence-corrected chi connectivity index (χ2v) is 7.58. The van der Waals surface area contributed by atoms with Crippen LogP contribution in [0.2, 0.25) is 0 Å². The standard InChI is InChI=1S/C15H23N5O4S/c16-15-20-19-12(25-15)7-17-13(22)9-5-10(11(21)6-9)18-14(23)8-1-3-24-4-2-8/h8-11,21H,1-7H2,(H2,16,20)(H,17,22)(H,18,23)/t9-,10+,11+/m0/s1. The van der Waals surface area contributed by atoms with Crippen molar-refractivity contribution in [2.75, 3.05) is 18.9 Å². The zero-order valence-corrected chi connectivity index (χ0v) is 14.6. The fourth-order valence-corrected chi connectivity index (χ4v) is 3.84. The Kier molecular flexibility index (Phi) is 5.82. The number of aromatic nitrogens is 2. The van der Waals surface area contributed by atoms with E-state index in [-0.39, 0.29) is 36.2 Å². The Hall–Kier alpha value is -1.78. The van der Waals surface area contributed by atoms with Gasteiger partial charge >= 0.3 is 0 Å². The van der Waals surface area contributed by atoms with Gasteiger partial charge in [-0.15, -0.1) is 10.2 Å². The number of hydrogen-bond acceptors (Lipinski definition) is 8. The molecule has 2 fully saturated rings. The maximum atomic E-state index is 12.3. The second kappa shape index (κ2) is 8.07. The summed E-state index contributed by atoms with van der Waals surface area (Å²) in [4.78, 5) is 24.6.